The van der Waals surface area contributed by atoms with Crippen LogP contribution in [0, 0.1) is 11.8 Å². The number of carbonyl (C=O) groups is 1. The van der Waals surface area contributed by atoms with Crippen LogP contribution in [-0.2, 0) is 9.53 Å². The molecule has 2 atom stereocenters. The van der Waals surface area contributed by atoms with Crippen LogP contribution < -0.4 is 10.6 Å². The van der Waals surface area contributed by atoms with Gasteiger partial charge < -0.3 is 15.4 Å². The number of carbonyl (C=O) groups excluding carboxylic acids is 1. The average Bonchev–Trinajstić information content (AvgIpc) is 3.05. The van der Waals surface area contributed by atoms with Gasteiger partial charge in [0, 0.05) is 12.6 Å². The first kappa shape index (κ1) is 14.7. The maximum Gasteiger partial charge on any atom is 0.246 e. The van der Waals surface area contributed by atoms with Gasteiger partial charge in [-0.3, -0.25) is 4.79 Å². The highest BCUT2D eigenvalue weighted by molar-refractivity contribution is 5.85. The van der Waals surface area contributed by atoms with E-state index in [2.05, 4.69) is 17.6 Å². The third-order valence-electron chi connectivity index (χ3n) is 3.46. The van der Waals surface area contributed by atoms with Gasteiger partial charge in [0.15, 0.2) is 0 Å². The van der Waals surface area contributed by atoms with Gasteiger partial charge in [0.2, 0.25) is 5.91 Å². The summed E-state index contributed by atoms with van der Waals surface area (Å²) in [7, 11) is 0. The highest BCUT2D eigenvalue weighted by Gasteiger charge is 2.24. The zero-order valence-electron chi connectivity index (χ0n) is 10.4. The van der Waals surface area contributed by atoms with Crippen molar-refractivity contribution >= 4 is 18.3 Å². The minimum atomic E-state index is 0. The minimum Gasteiger partial charge on any atom is -0.371 e. The molecule has 1 aliphatic carbocycles. The van der Waals surface area contributed by atoms with Crippen LogP contribution >= 0.6 is 12.4 Å². The SMILES string of the molecule is CC1CCNCC1NC(=O)COCC1CC1.Cl. The Bertz CT molecular complexity index is 247. The van der Waals surface area contributed by atoms with Gasteiger partial charge in [-0.05, 0) is 37.6 Å². The Morgan fingerprint density at radius 3 is 2.82 bits per heavy atom. The topological polar surface area (TPSA) is 50.4 Å². The molecule has 0 aromatic heterocycles. The van der Waals surface area contributed by atoms with Crippen LogP contribution in [0.3, 0.4) is 0 Å². The van der Waals surface area contributed by atoms with E-state index in [1.807, 2.05) is 0 Å². The van der Waals surface area contributed by atoms with E-state index in [1.54, 1.807) is 0 Å². The molecule has 0 aromatic carbocycles. The van der Waals surface area contributed by atoms with Crippen LogP contribution in [0.4, 0.5) is 0 Å². The molecular weight excluding hydrogens is 240 g/mol. The van der Waals surface area contributed by atoms with E-state index in [1.165, 1.54) is 12.8 Å². The Kier molecular flexibility index (Phi) is 6.23. The van der Waals surface area contributed by atoms with Crippen molar-refractivity contribution in [3.63, 3.8) is 0 Å². The fourth-order valence-electron chi connectivity index (χ4n) is 2.03. The summed E-state index contributed by atoms with van der Waals surface area (Å²) in [6.45, 7) is 5.11. The number of nitrogens with one attached hydrogen (secondary N) is 2. The molecule has 2 fully saturated rings. The van der Waals surface area contributed by atoms with Crippen molar-refractivity contribution in [2.24, 2.45) is 11.8 Å². The number of halogens is 1. The molecule has 5 heteroatoms. The summed E-state index contributed by atoms with van der Waals surface area (Å²) in [4.78, 5) is 11.6. The predicted octanol–water partition coefficient (Wildman–Crippen LogP) is 0.949. The monoisotopic (exact) mass is 262 g/mol. The first-order valence-corrected chi connectivity index (χ1v) is 6.33. The summed E-state index contributed by atoms with van der Waals surface area (Å²) in [5.74, 6) is 1.32. The minimum absolute atomic E-state index is 0. The molecule has 0 aromatic rings. The Balaban J connectivity index is 0.00000144. The summed E-state index contributed by atoms with van der Waals surface area (Å²) >= 11 is 0. The molecular formula is C12H23ClN2O2. The zero-order valence-corrected chi connectivity index (χ0v) is 11.2. The summed E-state index contributed by atoms with van der Waals surface area (Å²) in [6.07, 6.45) is 3.67. The second kappa shape index (κ2) is 7.19. The fraction of sp³-hybridized carbons (Fsp3) is 0.917. The van der Waals surface area contributed by atoms with Crippen LogP contribution in [-0.4, -0.2) is 38.3 Å². The van der Waals surface area contributed by atoms with Crippen molar-refractivity contribution in [2.45, 2.75) is 32.2 Å². The van der Waals surface area contributed by atoms with E-state index in [0.29, 0.717) is 5.92 Å². The Morgan fingerprint density at radius 2 is 2.18 bits per heavy atom. The summed E-state index contributed by atoms with van der Waals surface area (Å²) in [5.41, 5.74) is 0. The number of hydrogen-bond acceptors (Lipinski definition) is 3. The molecule has 2 rings (SSSR count). The number of ether oxygens (including phenoxy) is 1. The predicted molar refractivity (Wildman–Crippen MR) is 69.4 cm³/mol. The molecule has 1 saturated carbocycles. The summed E-state index contributed by atoms with van der Waals surface area (Å²) in [5, 5.41) is 6.34. The average molecular weight is 263 g/mol. The lowest BCUT2D eigenvalue weighted by atomic mass is 9.95. The molecule has 0 bridgehead atoms. The highest BCUT2D eigenvalue weighted by atomic mass is 35.5. The van der Waals surface area contributed by atoms with Crippen LogP contribution in [0.25, 0.3) is 0 Å². The summed E-state index contributed by atoms with van der Waals surface area (Å²) in [6, 6.07) is 0.269. The Hall–Kier alpha value is -0.320. The molecule has 1 saturated heterocycles. The van der Waals surface area contributed by atoms with Crippen molar-refractivity contribution in [2.75, 3.05) is 26.3 Å². The van der Waals surface area contributed by atoms with Gasteiger partial charge in [0.05, 0.1) is 6.61 Å². The van der Waals surface area contributed by atoms with Gasteiger partial charge in [-0.2, -0.15) is 0 Å². The second-order valence-electron chi connectivity index (χ2n) is 5.10. The highest BCUT2D eigenvalue weighted by Crippen LogP contribution is 2.28. The van der Waals surface area contributed by atoms with E-state index in [-0.39, 0.29) is 31.0 Å². The van der Waals surface area contributed by atoms with Crippen molar-refractivity contribution in [3.05, 3.63) is 0 Å². The Labute approximate surface area is 109 Å². The summed E-state index contributed by atoms with van der Waals surface area (Å²) < 4.78 is 5.36. The molecule has 1 amide bonds. The maximum absolute atomic E-state index is 11.6. The van der Waals surface area contributed by atoms with E-state index in [9.17, 15) is 4.79 Å². The van der Waals surface area contributed by atoms with Crippen LogP contribution in [0.1, 0.15) is 26.2 Å². The first-order valence-electron chi connectivity index (χ1n) is 6.33. The molecule has 2 unspecified atom stereocenters. The van der Waals surface area contributed by atoms with Crippen LogP contribution in [0.5, 0.6) is 0 Å². The van der Waals surface area contributed by atoms with E-state index in [0.717, 1.165) is 32.0 Å². The lowest BCUT2D eigenvalue weighted by Gasteiger charge is -2.30. The van der Waals surface area contributed by atoms with Gasteiger partial charge >= 0.3 is 0 Å². The van der Waals surface area contributed by atoms with Crippen molar-refractivity contribution in [1.82, 2.24) is 10.6 Å². The number of hydrogen-bond donors (Lipinski definition) is 2. The molecule has 100 valence electrons. The number of piperidine rings is 1. The van der Waals surface area contributed by atoms with Gasteiger partial charge in [-0.1, -0.05) is 6.92 Å². The van der Waals surface area contributed by atoms with E-state index >= 15 is 0 Å². The maximum atomic E-state index is 11.6. The standard InChI is InChI=1S/C12H22N2O2.ClH/c1-9-4-5-13-6-11(9)14-12(15)8-16-7-10-2-3-10;/h9-11,13H,2-8H2,1H3,(H,14,15);1H. The van der Waals surface area contributed by atoms with Crippen molar-refractivity contribution in [3.8, 4) is 0 Å². The third-order valence-corrected chi connectivity index (χ3v) is 3.46. The lowest BCUT2D eigenvalue weighted by Crippen LogP contribution is -2.51. The molecule has 1 aliphatic heterocycles. The number of rotatable bonds is 5. The largest absolute Gasteiger partial charge is 0.371 e. The molecule has 1 heterocycles. The quantitative estimate of drug-likeness (QED) is 0.776. The fourth-order valence-corrected chi connectivity index (χ4v) is 2.03. The number of amides is 1. The molecule has 17 heavy (non-hydrogen) atoms. The lowest BCUT2D eigenvalue weighted by molar-refractivity contribution is -0.127. The molecule has 0 spiro atoms. The van der Waals surface area contributed by atoms with E-state index < -0.39 is 0 Å². The van der Waals surface area contributed by atoms with Gasteiger partial charge in [-0.15, -0.1) is 12.4 Å². The smallest absolute Gasteiger partial charge is 0.246 e. The molecule has 4 nitrogen and oxygen atoms in total. The second-order valence-corrected chi connectivity index (χ2v) is 5.10. The molecule has 0 radical (unpaired) electrons. The first-order chi connectivity index (χ1) is 7.75. The van der Waals surface area contributed by atoms with Gasteiger partial charge in [0.1, 0.15) is 6.61 Å². The molecule has 2 aliphatic rings. The zero-order chi connectivity index (χ0) is 11.4. The van der Waals surface area contributed by atoms with Gasteiger partial charge in [0.25, 0.3) is 0 Å². The Morgan fingerprint density at radius 1 is 1.41 bits per heavy atom. The van der Waals surface area contributed by atoms with Crippen molar-refractivity contribution < 1.29 is 9.53 Å². The van der Waals surface area contributed by atoms with Gasteiger partial charge in [-0.25, -0.2) is 0 Å². The third kappa shape index (κ3) is 5.23. The van der Waals surface area contributed by atoms with E-state index in [4.69, 9.17) is 4.74 Å². The normalized spacial score (nSPS) is 28.3. The van der Waals surface area contributed by atoms with Crippen LogP contribution in [0.2, 0.25) is 0 Å². The molecule has 2 N–H and O–H groups in total. The van der Waals surface area contributed by atoms with Crippen LogP contribution in [0.15, 0.2) is 0 Å². The van der Waals surface area contributed by atoms with Crippen molar-refractivity contribution in [1.29, 1.82) is 0 Å².